The van der Waals surface area contributed by atoms with Gasteiger partial charge in [0.1, 0.15) is 11.9 Å². The van der Waals surface area contributed by atoms with Gasteiger partial charge in [0.2, 0.25) is 17.7 Å². The summed E-state index contributed by atoms with van der Waals surface area (Å²) in [6, 6.07) is 4.99. The number of piperidine rings is 2. The van der Waals surface area contributed by atoms with E-state index in [1.165, 1.54) is 24.3 Å². The Morgan fingerprint density at radius 2 is 1.75 bits per heavy atom. The first-order valence-electron chi connectivity index (χ1n) is 15.6. The Kier molecular flexibility index (Phi) is 8.49. The molecule has 44 heavy (non-hydrogen) atoms. The Labute approximate surface area is 261 Å². The molecular weight excluding hydrogens is 583 g/mol. The number of aromatic nitrogens is 1. The summed E-state index contributed by atoms with van der Waals surface area (Å²) in [5.74, 6) is -0.716. The summed E-state index contributed by atoms with van der Waals surface area (Å²) < 4.78 is 13.5. The van der Waals surface area contributed by atoms with Gasteiger partial charge in [-0.05, 0) is 77.4 Å². The number of hydrogen-bond donors (Lipinski definition) is 1. The lowest BCUT2D eigenvalue weighted by Crippen LogP contribution is -2.59. The van der Waals surface area contributed by atoms with Crippen molar-refractivity contribution in [3.63, 3.8) is 0 Å². The van der Waals surface area contributed by atoms with Gasteiger partial charge in [-0.1, -0.05) is 0 Å². The first-order chi connectivity index (χ1) is 21.0. The van der Waals surface area contributed by atoms with Crippen LogP contribution in [-0.2, 0) is 20.8 Å². The number of likely N-dealkylation sites (N-methyl/N-ethyl adjacent to an activating group) is 1. The molecule has 2 atom stereocenters. The van der Waals surface area contributed by atoms with E-state index in [2.05, 4.69) is 10.2 Å². The highest BCUT2D eigenvalue weighted by Crippen LogP contribution is 2.35. The number of amides is 4. The summed E-state index contributed by atoms with van der Waals surface area (Å²) >= 11 is 1.63. The second-order valence-corrected chi connectivity index (χ2v) is 14.3. The van der Waals surface area contributed by atoms with Crippen molar-refractivity contribution >= 4 is 35.0 Å². The minimum absolute atomic E-state index is 0.00190. The standard InChI is InChI=1S/C32H41FN6O4S/c1-20-25-17-27(40)35-32(10-14-38(15-11-32)30(42)22-4-6-23(33)7-5-22)18-28(41)39-19-24(36(2)3)16-26(39)31(43)37-12-8-21(9-13-37)29(34-25)44-20/h4-7,21,24,26H,8-19H2,1-3H3,(H,35,40)/t24-,26-/m0/s1. The number of hydrogen-bond acceptors (Lipinski definition) is 7. The van der Waals surface area contributed by atoms with Crippen LogP contribution in [0.1, 0.15) is 70.4 Å². The molecule has 7 rings (SSSR count). The molecule has 4 bridgehead atoms. The monoisotopic (exact) mass is 624 g/mol. The maximum Gasteiger partial charge on any atom is 0.253 e. The number of carbonyl (C=O) groups is 4. The Bertz CT molecular complexity index is 1430. The van der Waals surface area contributed by atoms with E-state index in [-0.39, 0.29) is 48.4 Å². The van der Waals surface area contributed by atoms with Crippen LogP contribution in [-0.4, -0.2) is 113 Å². The number of nitrogens with zero attached hydrogens (tertiary/aromatic N) is 5. The van der Waals surface area contributed by atoms with Gasteiger partial charge in [0.05, 0.1) is 29.1 Å². The van der Waals surface area contributed by atoms with E-state index in [0.29, 0.717) is 57.5 Å². The van der Waals surface area contributed by atoms with E-state index in [1.807, 2.05) is 25.9 Å². The molecule has 2 aromatic rings. The highest BCUT2D eigenvalue weighted by Gasteiger charge is 2.46. The average Bonchev–Trinajstić information content (AvgIpc) is 3.61. The van der Waals surface area contributed by atoms with E-state index < -0.39 is 17.4 Å². The van der Waals surface area contributed by atoms with Crippen LogP contribution in [0.25, 0.3) is 0 Å². The fraction of sp³-hybridized carbons (Fsp3) is 0.594. The quantitative estimate of drug-likeness (QED) is 0.551. The topological polar surface area (TPSA) is 106 Å². The van der Waals surface area contributed by atoms with Gasteiger partial charge in [-0.3, -0.25) is 19.2 Å². The molecule has 236 valence electrons. The molecule has 0 aliphatic carbocycles. The maximum absolute atomic E-state index is 14.2. The van der Waals surface area contributed by atoms with Gasteiger partial charge < -0.3 is 24.9 Å². The number of thiazole rings is 1. The first kappa shape index (κ1) is 30.6. The summed E-state index contributed by atoms with van der Waals surface area (Å²) in [4.78, 5) is 68.2. The third-order valence-electron chi connectivity index (χ3n) is 10.0. The van der Waals surface area contributed by atoms with Crippen LogP contribution in [0.5, 0.6) is 0 Å². The van der Waals surface area contributed by atoms with Crippen molar-refractivity contribution in [1.82, 2.24) is 29.9 Å². The van der Waals surface area contributed by atoms with Crippen LogP contribution in [0.15, 0.2) is 24.3 Å². The van der Waals surface area contributed by atoms with E-state index in [9.17, 15) is 23.6 Å². The Hall–Kier alpha value is -3.38. The molecule has 1 aromatic heterocycles. The van der Waals surface area contributed by atoms with Crippen molar-refractivity contribution < 1.29 is 23.6 Å². The third kappa shape index (κ3) is 6.10. The van der Waals surface area contributed by atoms with Crippen LogP contribution < -0.4 is 5.32 Å². The molecule has 6 heterocycles. The molecule has 1 spiro atoms. The smallest absolute Gasteiger partial charge is 0.253 e. The molecular formula is C32H41FN6O4S. The van der Waals surface area contributed by atoms with Crippen molar-refractivity contribution in [2.24, 2.45) is 0 Å². The van der Waals surface area contributed by atoms with Gasteiger partial charge in [-0.2, -0.15) is 0 Å². The fourth-order valence-corrected chi connectivity index (χ4v) is 8.29. The molecule has 10 nitrogen and oxygen atoms in total. The highest BCUT2D eigenvalue weighted by molar-refractivity contribution is 7.11. The van der Waals surface area contributed by atoms with Gasteiger partial charge in [0.25, 0.3) is 5.91 Å². The normalized spacial score (nSPS) is 24.8. The van der Waals surface area contributed by atoms with E-state index in [0.717, 1.165) is 28.4 Å². The molecule has 1 N–H and O–H groups in total. The summed E-state index contributed by atoms with van der Waals surface area (Å²) in [5, 5.41) is 4.25. The van der Waals surface area contributed by atoms with E-state index in [4.69, 9.17) is 4.98 Å². The highest BCUT2D eigenvalue weighted by atomic mass is 32.1. The van der Waals surface area contributed by atoms with Gasteiger partial charge >= 0.3 is 0 Å². The van der Waals surface area contributed by atoms with Crippen molar-refractivity contribution in [2.75, 3.05) is 46.8 Å². The minimum Gasteiger partial charge on any atom is -0.350 e. The van der Waals surface area contributed by atoms with Gasteiger partial charge in [0.15, 0.2) is 0 Å². The number of likely N-dealkylation sites (tertiary alicyclic amines) is 1. The number of carbonyl (C=O) groups excluding carboxylic acids is 4. The predicted octanol–water partition coefficient (Wildman–Crippen LogP) is 2.57. The summed E-state index contributed by atoms with van der Waals surface area (Å²) in [7, 11) is 3.95. The van der Waals surface area contributed by atoms with Crippen LogP contribution in [0, 0.1) is 12.7 Å². The first-order valence-corrected chi connectivity index (χ1v) is 16.4. The maximum atomic E-state index is 14.2. The lowest BCUT2D eigenvalue weighted by molar-refractivity contribution is -0.145. The van der Waals surface area contributed by atoms with Crippen molar-refractivity contribution in [3.8, 4) is 0 Å². The second-order valence-electron chi connectivity index (χ2n) is 13.1. The Morgan fingerprint density at radius 3 is 2.41 bits per heavy atom. The zero-order valence-corrected chi connectivity index (χ0v) is 26.5. The molecule has 5 aliphatic rings. The van der Waals surface area contributed by atoms with Crippen LogP contribution in [0.2, 0.25) is 0 Å². The lowest BCUT2D eigenvalue weighted by Gasteiger charge is -2.43. The Morgan fingerprint density at radius 1 is 1.07 bits per heavy atom. The SMILES string of the molecule is Cc1sc2nc1CC(=O)NC1(CCN(C(=O)c3ccc(F)cc3)CC1)CC(=O)N1C[C@@H](N(C)C)C[C@H]1C(=O)N1CCC2CC1. The third-order valence-corrected chi connectivity index (χ3v) is 11.2. The zero-order valence-electron chi connectivity index (χ0n) is 25.7. The van der Waals surface area contributed by atoms with E-state index >= 15 is 0 Å². The molecule has 1 aromatic carbocycles. The number of rotatable bonds is 2. The minimum atomic E-state index is -0.874. The van der Waals surface area contributed by atoms with Crippen LogP contribution in [0.4, 0.5) is 4.39 Å². The Balaban J connectivity index is 1.29. The van der Waals surface area contributed by atoms with Crippen molar-refractivity contribution in [3.05, 3.63) is 51.2 Å². The second kappa shape index (κ2) is 12.2. The fourth-order valence-electron chi connectivity index (χ4n) is 7.19. The molecule has 5 aliphatic heterocycles. The number of nitrogens with one attached hydrogen (secondary N) is 1. The van der Waals surface area contributed by atoms with E-state index in [1.54, 1.807) is 21.1 Å². The molecule has 0 radical (unpaired) electrons. The molecule has 0 saturated carbocycles. The number of aryl methyl sites for hydroxylation is 1. The van der Waals surface area contributed by atoms with Crippen molar-refractivity contribution in [2.45, 2.75) is 75.4 Å². The van der Waals surface area contributed by atoms with Gasteiger partial charge in [-0.15, -0.1) is 11.3 Å². The summed E-state index contributed by atoms with van der Waals surface area (Å²) in [5.41, 5.74) is 0.278. The molecule has 12 heteroatoms. The van der Waals surface area contributed by atoms with Crippen LogP contribution in [0.3, 0.4) is 0 Å². The molecule has 4 amide bonds. The van der Waals surface area contributed by atoms with Gasteiger partial charge in [0, 0.05) is 55.1 Å². The summed E-state index contributed by atoms with van der Waals surface area (Å²) in [6.45, 7) is 4.38. The number of fused-ring (bicyclic) bond motifs is 5. The molecule has 0 unspecified atom stereocenters. The number of halogens is 1. The molecule has 3 fully saturated rings. The predicted molar refractivity (Wildman–Crippen MR) is 164 cm³/mol. The lowest BCUT2D eigenvalue weighted by atomic mass is 9.83. The summed E-state index contributed by atoms with van der Waals surface area (Å²) in [6.07, 6.45) is 3.16. The average molecular weight is 625 g/mol. The van der Waals surface area contributed by atoms with Crippen LogP contribution >= 0.6 is 11.3 Å². The largest absolute Gasteiger partial charge is 0.350 e. The van der Waals surface area contributed by atoms with Crippen molar-refractivity contribution in [1.29, 1.82) is 0 Å². The molecule has 3 saturated heterocycles. The zero-order chi connectivity index (χ0) is 31.2. The van der Waals surface area contributed by atoms with Gasteiger partial charge in [-0.25, -0.2) is 9.37 Å². The number of benzene rings is 1.